The van der Waals surface area contributed by atoms with Crippen molar-refractivity contribution < 1.29 is 32.6 Å². The van der Waals surface area contributed by atoms with Gasteiger partial charge in [0.25, 0.3) is 0 Å². The summed E-state index contributed by atoms with van der Waals surface area (Å²) >= 11 is 0. The Bertz CT molecular complexity index is 646. The van der Waals surface area contributed by atoms with E-state index in [0.29, 0.717) is 25.7 Å². The van der Waals surface area contributed by atoms with E-state index < -0.39 is 29.4 Å². The molecule has 9 heteroatoms. The fraction of sp³-hybridized carbons (Fsp3) is 0.688. The smallest absolute Gasteiger partial charge is 0.433 e. The second-order valence-electron chi connectivity index (χ2n) is 6.68. The Morgan fingerprint density at radius 2 is 2.00 bits per heavy atom. The van der Waals surface area contributed by atoms with E-state index in [9.17, 15) is 22.8 Å². The van der Waals surface area contributed by atoms with Gasteiger partial charge in [-0.3, -0.25) is 9.48 Å². The lowest BCUT2D eigenvalue weighted by Gasteiger charge is -2.37. The zero-order valence-corrected chi connectivity index (χ0v) is 14.1. The van der Waals surface area contributed by atoms with Crippen LogP contribution in [-0.2, 0) is 15.7 Å². The molecule has 1 aliphatic rings. The van der Waals surface area contributed by atoms with Crippen LogP contribution in [0.15, 0.2) is 6.20 Å². The average molecular weight is 362 g/mol. The molecule has 0 aromatic carbocycles. The number of hydrogen-bond donors (Lipinski definition) is 1. The minimum absolute atomic E-state index is 0.221. The molecule has 1 aliphatic carbocycles. The van der Waals surface area contributed by atoms with E-state index in [-0.39, 0.29) is 24.4 Å². The molecule has 140 valence electrons. The zero-order valence-electron chi connectivity index (χ0n) is 14.1. The minimum Gasteiger partial charge on any atom is -0.478 e. The number of nitrogens with zero attached hydrogens (tertiary/aromatic N) is 2. The Labute approximate surface area is 143 Å². The first kappa shape index (κ1) is 19.3. The molecule has 0 unspecified atom stereocenters. The quantitative estimate of drug-likeness (QED) is 0.808. The number of carboxylic acids is 1. The summed E-state index contributed by atoms with van der Waals surface area (Å²) < 4.78 is 45.6. The minimum atomic E-state index is -4.80. The zero-order chi connectivity index (χ0) is 18.8. The van der Waals surface area contributed by atoms with E-state index in [2.05, 4.69) is 5.10 Å². The predicted molar refractivity (Wildman–Crippen MR) is 81.1 cm³/mol. The number of alkyl halides is 3. The monoisotopic (exact) mass is 362 g/mol. The number of rotatable bonds is 5. The molecule has 0 radical (unpaired) electrons. The van der Waals surface area contributed by atoms with Crippen LogP contribution in [0.2, 0.25) is 0 Å². The fourth-order valence-corrected chi connectivity index (χ4v) is 3.36. The highest BCUT2D eigenvalue weighted by Gasteiger charge is 2.43. The van der Waals surface area contributed by atoms with Crippen LogP contribution in [0.3, 0.4) is 0 Å². The van der Waals surface area contributed by atoms with Crippen LogP contribution >= 0.6 is 0 Å². The lowest BCUT2D eigenvalue weighted by atomic mass is 9.72. The predicted octanol–water partition coefficient (Wildman–Crippen LogP) is 3.67. The number of aromatic carboxylic acids is 1. The van der Waals surface area contributed by atoms with E-state index in [1.807, 2.05) is 6.92 Å². The van der Waals surface area contributed by atoms with Crippen molar-refractivity contribution in [3.05, 3.63) is 17.5 Å². The molecule has 0 saturated heterocycles. The molecule has 25 heavy (non-hydrogen) atoms. The van der Waals surface area contributed by atoms with Gasteiger partial charge in [-0.1, -0.05) is 6.92 Å². The molecular formula is C16H21F3N2O4. The summed E-state index contributed by atoms with van der Waals surface area (Å²) in [4.78, 5) is 22.7. The lowest BCUT2D eigenvalue weighted by molar-refractivity contribution is -0.146. The van der Waals surface area contributed by atoms with Gasteiger partial charge in [0.15, 0.2) is 5.69 Å². The van der Waals surface area contributed by atoms with Gasteiger partial charge in [0.05, 0.1) is 25.3 Å². The van der Waals surface area contributed by atoms with Crippen molar-refractivity contribution in [1.29, 1.82) is 0 Å². The topological polar surface area (TPSA) is 81.4 Å². The van der Waals surface area contributed by atoms with Crippen molar-refractivity contribution >= 4 is 11.9 Å². The van der Waals surface area contributed by atoms with Crippen molar-refractivity contribution in [3.63, 3.8) is 0 Å². The molecule has 1 heterocycles. The number of carbonyl (C=O) groups is 2. The van der Waals surface area contributed by atoms with Gasteiger partial charge in [-0.15, -0.1) is 0 Å². The van der Waals surface area contributed by atoms with Gasteiger partial charge in [-0.25, -0.2) is 4.79 Å². The molecule has 0 spiro atoms. The van der Waals surface area contributed by atoms with Gasteiger partial charge >= 0.3 is 18.1 Å². The van der Waals surface area contributed by atoms with E-state index in [1.165, 1.54) is 0 Å². The van der Waals surface area contributed by atoms with Crippen LogP contribution in [-0.4, -0.2) is 33.4 Å². The molecule has 0 aliphatic heterocycles. The summed E-state index contributed by atoms with van der Waals surface area (Å²) in [6.45, 7) is 3.92. The van der Waals surface area contributed by atoms with E-state index in [1.54, 1.807) is 6.92 Å². The standard InChI is InChI=1S/C16H21F3N2O4/c1-3-25-12(22)8-15(2)6-4-10(5-7-15)21-13(16(17,18)19)11(9-20-21)14(23)24/h9-10H,3-8H2,1-2H3,(H,23,24)/t10-,15+. The number of esters is 1. The molecule has 1 aromatic heterocycles. The number of hydrogen-bond acceptors (Lipinski definition) is 4. The second-order valence-corrected chi connectivity index (χ2v) is 6.68. The summed E-state index contributed by atoms with van der Waals surface area (Å²) in [5.41, 5.74) is -2.39. The van der Waals surface area contributed by atoms with Crippen molar-refractivity contribution in [3.8, 4) is 0 Å². The average Bonchev–Trinajstić information content (AvgIpc) is 2.93. The van der Waals surface area contributed by atoms with Crippen molar-refractivity contribution in [2.24, 2.45) is 5.41 Å². The number of halogens is 3. The summed E-state index contributed by atoms with van der Waals surface area (Å²) in [5, 5.41) is 12.7. The summed E-state index contributed by atoms with van der Waals surface area (Å²) in [5.74, 6) is -1.96. The van der Waals surface area contributed by atoms with Crippen LogP contribution in [0, 0.1) is 5.41 Å². The summed E-state index contributed by atoms with van der Waals surface area (Å²) in [6.07, 6.45) is -1.97. The molecule has 0 bridgehead atoms. The highest BCUT2D eigenvalue weighted by molar-refractivity contribution is 5.88. The maximum Gasteiger partial charge on any atom is 0.433 e. The Balaban J connectivity index is 2.16. The molecule has 1 N–H and O–H groups in total. The third-order valence-corrected chi connectivity index (χ3v) is 4.68. The SMILES string of the molecule is CCOC(=O)C[C@]1(C)CC[C@H](n2ncc(C(=O)O)c2C(F)(F)F)CC1. The first-order valence-corrected chi connectivity index (χ1v) is 8.11. The highest BCUT2D eigenvalue weighted by Crippen LogP contribution is 2.45. The number of ether oxygens (including phenoxy) is 1. The van der Waals surface area contributed by atoms with Crippen LogP contribution in [0.4, 0.5) is 13.2 Å². The normalized spacial score (nSPS) is 24.1. The van der Waals surface area contributed by atoms with Gasteiger partial charge < -0.3 is 9.84 Å². The Morgan fingerprint density at radius 1 is 1.40 bits per heavy atom. The van der Waals surface area contributed by atoms with Crippen LogP contribution in [0.5, 0.6) is 0 Å². The largest absolute Gasteiger partial charge is 0.478 e. The van der Waals surface area contributed by atoms with Gasteiger partial charge in [-0.2, -0.15) is 18.3 Å². The molecule has 2 rings (SSSR count). The third kappa shape index (κ3) is 4.32. The Hall–Kier alpha value is -2.06. The molecule has 1 saturated carbocycles. The molecule has 1 aromatic rings. The number of carbonyl (C=O) groups excluding carboxylic acids is 1. The van der Waals surface area contributed by atoms with Crippen molar-refractivity contribution in [1.82, 2.24) is 9.78 Å². The summed E-state index contributed by atoms with van der Waals surface area (Å²) in [6, 6.07) is -0.542. The van der Waals surface area contributed by atoms with Crippen LogP contribution < -0.4 is 0 Å². The van der Waals surface area contributed by atoms with Crippen molar-refractivity contribution in [2.45, 2.75) is 58.2 Å². The first-order valence-electron chi connectivity index (χ1n) is 8.11. The lowest BCUT2D eigenvalue weighted by Crippen LogP contribution is -2.31. The van der Waals surface area contributed by atoms with Crippen molar-refractivity contribution in [2.75, 3.05) is 6.61 Å². The Morgan fingerprint density at radius 3 is 2.48 bits per heavy atom. The van der Waals surface area contributed by atoms with Gasteiger partial charge in [0, 0.05) is 0 Å². The molecule has 0 amide bonds. The van der Waals surface area contributed by atoms with Crippen LogP contribution in [0.1, 0.15) is 68.0 Å². The van der Waals surface area contributed by atoms with E-state index in [4.69, 9.17) is 9.84 Å². The highest BCUT2D eigenvalue weighted by atomic mass is 19.4. The molecule has 0 atom stereocenters. The van der Waals surface area contributed by atoms with Gasteiger partial charge in [-0.05, 0) is 38.0 Å². The molecule has 1 fully saturated rings. The number of aromatic nitrogens is 2. The van der Waals surface area contributed by atoms with Gasteiger partial charge in [0.1, 0.15) is 5.56 Å². The third-order valence-electron chi connectivity index (χ3n) is 4.68. The number of carboxylic acid groups (broad SMARTS) is 1. The van der Waals surface area contributed by atoms with Crippen LogP contribution in [0.25, 0.3) is 0 Å². The maximum absolute atomic E-state index is 13.3. The molecular weight excluding hydrogens is 341 g/mol. The maximum atomic E-state index is 13.3. The van der Waals surface area contributed by atoms with E-state index in [0.717, 1.165) is 10.9 Å². The second kappa shape index (κ2) is 7.05. The summed E-state index contributed by atoms with van der Waals surface area (Å²) in [7, 11) is 0. The van der Waals surface area contributed by atoms with E-state index >= 15 is 0 Å². The molecule has 6 nitrogen and oxygen atoms in total. The first-order chi connectivity index (χ1) is 11.6. The van der Waals surface area contributed by atoms with Gasteiger partial charge in [0.2, 0.25) is 0 Å². The fourth-order valence-electron chi connectivity index (χ4n) is 3.36. The Kier molecular flexibility index (Phi) is 5.43.